The quantitative estimate of drug-likeness (QED) is 0.810. The van der Waals surface area contributed by atoms with Crippen LogP contribution in [0.2, 0.25) is 0 Å². The summed E-state index contributed by atoms with van der Waals surface area (Å²) in [7, 11) is -3.48. The van der Waals surface area contributed by atoms with E-state index in [4.69, 9.17) is 9.47 Å². The Morgan fingerprint density at radius 2 is 1.88 bits per heavy atom. The maximum Gasteiger partial charge on any atom is 0.316 e. The van der Waals surface area contributed by atoms with E-state index in [0.29, 0.717) is 37.0 Å². The fourth-order valence-corrected chi connectivity index (χ4v) is 5.01. The van der Waals surface area contributed by atoms with Crippen LogP contribution in [0.15, 0.2) is 47.6 Å². The van der Waals surface area contributed by atoms with Crippen molar-refractivity contribution in [3.05, 3.63) is 48.3 Å². The molecule has 3 heterocycles. The van der Waals surface area contributed by atoms with E-state index in [2.05, 4.69) is 9.97 Å². The zero-order chi connectivity index (χ0) is 18.2. The zero-order valence-electron chi connectivity index (χ0n) is 14.5. The number of hydrogen-bond acceptors (Lipinski definition) is 6. The Morgan fingerprint density at radius 1 is 1.19 bits per heavy atom. The standard InChI is InChI=1S/C18H21N3O4S/c1-14-3-5-16(6-4-14)26(22,23)21-12-18(13-21)11-15(7-10-24-18)25-17-19-8-2-9-20-17/h2-6,8-9,15H,7,10-13H2,1H3/t15-/m1/s1. The minimum absolute atomic E-state index is 0.0737. The summed E-state index contributed by atoms with van der Waals surface area (Å²) in [6.45, 7) is 3.16. The van der Waals surface area contributed by atoms with Crippen LogP contribution in [0.5, 0.6) is 6.01 Å². The molecule has 0 saturated carbocycles. The van der Waals surface area contributed by atoms with Crippen molar-refractivity contribution < 1.29 is 17.9 Å². The van der Waals surface area contributed by atoms with Crippen LogP contribution in [0.4, 0.5) is 0 Å². The molecule has 2 fully saturated rings. The minimum Gasteiger partial charge on any atom is -0.460 e. The number of hydrogen-bond donors (Lipinski definition) is 0. The molecule has 4 rings (SSSR count). The lowest BCUT2D eigenvalue weighted by atomic mass is 9.86. The van der Waals surface area contributed by atoms with E-state index in [0.717, 1.165) is 12.0 Å². The van der Waals surface area contributed by atoms with Gasteiger partial charge in [0.15, 0.2) is 0 Å². The highest BCUT2D eigenvalue weighted by atomic mass is 32.2. The SMILES string of the molecule is Cc1ccc(S(=O)(=O)N2CC3(C[C@H](Oc4ncccn4)CCO3)C2)cc1. The molecule has 138 valence electrons. The largest absolute Gasteiger partial charge is 0.460 e. The molecule has 0 aliphatic carbocycles. The molecular weight excluding hydrogens is 354 g/mol. The van der Waals surface area contributed by atoms with E-state index in [9.17, 15) is 8.42 Å². The van der Waals surface area contributed by atoms with Crippen LogP contribution in [-0.4, -0.2) is 54.1 Å². The predicted molar refractivity (Wildman–Crippen MR) is 94.3 cm³/mol. The third-order valence-electron chi connectivity index (χ3n) is 4.85. The maximum atomic E-state index is 12.7. The van der Waals surface area contributed by atoms with Crippen LogP contribution >= 0.6 is 0 Å². The lowest BCUT2D eigenvalue weighted by Gasteiger charge is -2.51. The third kappa shape index (κ3) is 3.32. The Labute approximate surface area is 153 Å². The molecule has 0 radical (unpaired) electrons. The maximum absolute atomic E-state index is 12.7. The molecule has 2 aliphatic heterocycles. The van der Waals surface area contributed by atoms with Gasteiger partial charge in [0.1, 0.15) is 6.10 Å². The average molecular weight is 375 g/mol. The summed E-state index contributed by atoms with van der Waals surface area (Å²) in [5.74, 6) is 0. The molecule has 0 amide bonds. The molecule has 0 N–H and O–H groups in total. The first-order valence-corrected chi connectivity index (χ1v) is 10.1. The second-order valence-corrected chi connectivity index (χ2v) is 8.82. The fourth-order valence-electron chi connectivity index (χ4n) is 3.42. The number of ether oxygens (including phenoxy) is 2. The first-order chi connectivity index (χ1) is 12.5. The Bertz CT molecular complexity index is 865. The van der Waals surface area contributed by atoms with Gasteiger partial charge in [0.2, 0.25) is 10.0 Å². The molecule has 0 bridgehead atoms. The van der Waals surface area contributed by atoms with E-state index < -0.39 is 15.6 Å². The number of sulfonamides is 1. The van der Waals surface area contributed by atoms with Crippen molar-refractivity contribution in [1.29, 1.82) is 0 Å². The molecule has 1 atom stereocenters. The number of benzene rings is 1. The highest BCUT2D eigenvalue weighted by Crippen LogP contribution is 2.38. The van der Waals surface area contributed by atoms with Crippen LogP contribution in [0, 0.1) is 6.92 Å². The summed E-state index contributed by atoms with van der Waals surface area (Å²) >= 11 is 0. The first kappa shape index (κ1) is 17.4. The lowest BCUT2D eigenvalue weighted by molar-refractivity contribution is -0.165. The van der Waals surface area contributed by atoms with Crippen molar-refractivity contribution in [2.24, 2.45) is 0 Å². The fraction of sp³-hybridized carbons (Fsp3) is 0.444. The molecule has 26 heavy (non-hydrogen) atoms. The number of aromatic nitrogens is 2. The Hall–Kier alpha value is -2.03. The lowest BCUT2D eigenvalue weighted by Crippen LogP contribution is -2.67. The van der Waals surface area contributed by atoms with E-state index in [1.165, 1.54) is 4.31 Å². The molecule has 8 heteroatoms. The first-order valence-electron chi connectivity index (χ1n) is 8.61. The van der Waals surface area contributed by atoms with Gasteiger partial charge in [-0.3, -0.25) is 0 Å². The normalized spacial score (nSPS) is 22.7. The predicted octanol–water partition coefficient (Wildman–Crippen LogP) is 1.79. The zero-order valence-corrected chi connectivity index (χ0v) is 15.4. The third-order valence-corrected chi connectivity index (χ3v) is 6.66. The van der Waals surface area contributed by atoms with Gasteiger partial charge in [0.25, 0.3) is 0 Å². The Morgan fingerprint density at radius 3 is 2.58 bits per heavy atom. The van der Waals surface area contributed by atoms with Gasteiger partial charge in [0.05, 0.1) is 17.1 Å². The number of aryl methyl sites for hydroxylation is 1. The van der Waals surface area contributed by atoms with Gasteiger partial charge in [-0.15, -0.1) is 0 Å². The topological polar surface area (TPSA) is 81.6 Å². The summed E-state index contributed by atoms with van der Waals surface area (Å²) < 4.78 is 38.7. The van der Waals surface area contributed by atoms with Crippen LogP contribution in [0.1, 0.15) is 18.4 Å². The molecule has 2 aromatic rings. The number of rotatable bonds is 4. The second kappa shape index (κ2) is 6.61. The molecular formula is C18H21N3O4S. The van der Waals surface area contributed by atoms with Gasteiger partial charge in [-0.05, 0) is 25.1 Å². The molecule has 0 unspecified atom stereocenters. The van der Waals surface area contributed by atoms with Gasteiger partial charge in [-0.1, -0.05) is 17.7 Å². The molecule has 2 saturated heterocycles. The van der Waals surface area contributed by atoms with Crippen molar-refractivity contribution in [3.63, 3.8) is 0 Å². The Kier molecular flexibility index (Phi) is 4.42. The van der Waals surface area contributed by atoms with Crippen LogP contribution < -0.4 is 4.74 Å². The Balaban J connectivity index is 1.41. The van der Waals surface area contributed by atoms with Crippen LogP contribution in [0.3, 0.4) is 0 Å². The van der Waals surface area contributed by atoms with E-state index in [-0.39, 0.29) is 6.10 Å². The van der Waals surface area contributed by atoms with Gasteiger partial charge >= 0.3 is 6.01 Å². The molecule has 7 nitrogen and oxygen atoms in total. The summed E-state index contributed by atoms with van der Waals surface area (Å²) in [6, 6.07) is 8.99. The monoisotopic (exact) mass is 375 g/mol. The summed E-state index contributed by atoms with van der Waals surface area (Å²) in [5, 5.41) is 0. The summed E-state index contributed by atoms with van der Waals surface area (Å²) in [5.41, 5.74) is 0.554. The van der Waals surface area contributed by atoms with Crippen molar-refractivity contribution in [2.75, 3.05) is 19.7 Å². The van der Waals surface area contributed by atoms with Gasteiger partial charge in [-0.2, -0.15) is 4.31 Å². The van der Waals surface area contributed by atoms with Gasteiger partial charge in [0, 0.05) is 38.3 Å². The van der Waals surface area contributed by atoms with Crippen molar-refractivity contribution in [1.82, 2.24) is 14.3 Å². The summed E-state index contributed by atoms with van der Waals surface area (Å²) in [6.07, 6.45) is 4.57. The van der Waals surface area contributed by atoms with Gasteiger partial charge in [-0.25, -0.2) is 18.4 Å². The second-order valence-electron chi connectivity index (χ2n) is 6.88. The molecule has 2 aliphatic rings. The highest BCUT2D eigenvalue weighted by Gasteiger charge is 2.52. The van der Waals surface area contributed by atoms with Crippen molar-refractivity contribution in [3.8, 4) is 6.01 Å². The van der Waals surface area contributed by atoms with E-state index >= 15 is 0 Å². The molecule has 1 aromatic heterocycles. The van der Waals surface area contributed by atoms with E-state index in [1.807, 2.05) is 19.1 Å². The van der Waals surface area contributed by atoms with Crippen molar-refractivity contribution in [2.45, 2.75) is 36.4 Å². The van der Waals surface area contributed by atoms with Gasteiger partial charge < -0.3 is 9.47 Å². The molecule has 1 aromatic carbocycles. The molecule has 1 spiro atoms. The van der Waals surface area contributed by atoms with Crippen LogP contribution in [0.25, 0.3) is 0 Å². The smallest absolute Gasteiger partial charge is 0.316 e. The number of nitrogens with zero attached hydrogens (tertiary/aromatic N) is 3. The van der Waals surface area contributed by atoms with E-state index in [1.54, 1.807) is 30.6 Å². The average Bonchev–Trinajstić information content (AvgIpc) is 2.61. The minimum atomic E-state index is -3.48. The highest BCUT2D eigenvalue weighted by molar-refractivity contribution is 7.89. The summed E-state index contributed by atoms with van der Waals surface area (Å²) in [4.78, 5) is 8.49. The van der Waals surface area contributed by atoms with Crippen molar-refractivity contribution >= 4 is 10.0 Å². The van der Waals surface area contributed by atoms with Crippen LogP contribution in [-0.2, 0) is 14.8 Å².